The molecule has 0 bridgehead atoms. The predicted molar refractivity (Wildman–Crippen MR) is 169 cm³/mol. The lowest BCUT2D eigenvalue weighted by molar-refractivity contribution is -0.141. The Morgan fingerprint density at radius 3 is 2.14 bits per heavy atom. The average molecular weight is 610 g/mol. The summed E-state index contributed by atoms with van der Waals surface area (Å²) in [4.78, 5) is 29.3. The average Bonchev–Trinajstić information content (AvgIpc) is 2.94. The van der Waals surface area contributed by atoms with E-state index in [4.69, 9.17) is 9.47 Å². The fourth-order valence-electron chi connectivity index (χ4n) is 4.72. The Morgan fingerprint density at radius 1 is 0.907 bits per heavy atom. The van der Waals surface area contributed by atoms with Crippen molar-refractivity contribution in [1.82, 2.24) is 10.2 Å². The van der Waals surface area contributed by atoms with Gasteiger partial charge in [0.25, 0.3) is 10.0 Å². The first-order valence-corrected chi connectivity index (χ1v) is 15.6. The SMILES string of the molecule is CCC(C(=O)NC(C)(C)C)N(Cc1cccc(C)c1)C(=O)CN(c1cc(OC)ccc1OC)S(=O)(=O)c1ccc(C)cc1. The second-order valence-corrected chi connectivity index (χ2v) is 13.4. The second kappa shape index (κ2) is 13.9. The number of hydrogen-bond acceptors (Lipinski definition) is 6. The molecule has 0 heterocycles. The number of sulfonamides is 1. The molecule has 0 aromatic heterocycles. The first kappa shape index (κ1) is 33.5. The Morgan fingerprint density at radius 2 is 1.58 bits per heavy atom. The van der Waals surface area contributed by atoms with Crippen LogP contribution in [0.3, 0.4) is 0 Å². The van der Waals surface area contributed by atoms with Crippen LogP contribution < -0.4 is 19.1 Å². The molecule has 0 aliphatic rings. The number of carbonyl (C=O) groups is 2. The molecule has 232 valence electrons. The van der Waals surface area contributed by atoms with E-state index in [0.29, 0.717) is 12.2 Å². The van der Waals surface area contributed by atoms with Crippen LogP contribution in [0.15, 0.2) is 71.6 Å². The third-order valence-electron chi connectivity index (χ3n) is 6.86. The molecular formula is C33H43N3O6S. The Bertz CT molecular complexity index is 1530. The first-order chi connectivity index (χ1) is 20.2. The van der Waals surface area contributed by atoms with Gasteiger partial charge in [-0.2, -0.15) is 0 Å². The van der Waals surface area contributed by atoms with E-state index < -0.39 is 34.1 Å². The van der Waals surface area contributed by atoms with Gasteiger partial charge in [-0.3, -0.25) is 13.9 Å². The number of methoxy groups -OCH3 is 2. The lowest BCUT2D eigenvalue weighted by Crippen LogP contribution is -2.55. The molecule has 1 unspecified atom stereocenters. The van der Waals surface area contributed by atoms with Crippen molar-refractivity contribution >= 4 is 27.5 Å². The maximum absolute atomic E-state index is 14.3. The van der Waals surface area contributed by atoms with Gasteiger partial charge in [-0.15, -0.1) is 0 Å². The van der Waals surface area contributed by atoms with Crippen molar-refractivity contribution in [2.75, 3.05) is 25.1 Å². The van der Waals surface area contributed by atoms with Gasteiger partial charge in [0.2, 0.25) is 11.8 Å². The van der Waals surface area contributed by atoms with Crippen molar-refractivity contribution in [3.63, 3.8) is 0 Å². The minimum absolute atomic E-state index is 0.0125. The smallest absolute Gasteiger partial charge is 0.264 e. The molecule has 3 rings (SSSR count). The summed E-state index contributed by atoms with van der Waals surface area (Å²) in [7, 11) is -1.37. The van der Waals surface area contributed by atoms with Crippen molar-refractivity contribution in [2.45, 2.75) is 71.0 Å². The third kappa shape index (κ3) is 8.50. The van der Waals surface area contributed by atoms with Crippen LogP contribution in [0.5, 0.6) is 11.5 Å². The Hall–Kier alpha value is -4.05. The van der Waals surface area contributed by atoms with Crippen molar-refractivity contribution in [1.29, 1.82) is 0 Å². The van der Waals surface area contributed by atoms with Gasteiger partial charge in [-0.1, -0.05) is 54.4 Å². The van der Waals surface area contributed by atoms with Crippen LogP contribution in [0, 0.1) is 13.8 Å². The number of nitrogens with one attached hydrogen (secondary N) is 1. The molecule has 43 heavy (non-hydrogen) atoms. The first-order valence-electron chi connectivity index (χ1n) is 14.2. The van der Waals surface area contributed by atoms with Crippen LogP contribution in [-0.4, -0.2) is 57.5 Å². The van der Waals surface area contributed by atoms with Crippen LogP contribution in [0.2, 0.25) is 0 Å². The highest BCUT2D eigenvalue weighted by Gasteiger charge is 2.35. The van der Waals surface area contributed by atoms with E-state index in [0.717, 1.165) is 21.0 Å². The van der Waals surface area contributed by atoms with E-state index >= 15 is 0 Å². The van der Waals surface area contributed by atoms with Crippen LogP contribution in [0.25, 0.3) is 0 Å². The normalized spacial score (nSPS) is 12.3. The molecule has 1 atom stereocenters. The van der Waals surface area contributed by atoms with Crippen molar-refractivity contribution in [3.05, 3.63) is 83.4 Å². The summed E-state index contributed by atoms with van der Waals surface area (Å²) in [5, 5.41) is 2.98. The molecule has 0 aliphatic heterocycles. The minimum Gasteiger partial charge on any atom is -0.497 e. The number of anilines is 1. The largest absolute Gasteiger partial charge is 0.497 e. The zero-order valence-corrected chi connectivity index (χ0v) is 27.1. The monoisotopic (exact) mass is 609 g/mol. The van der Waals surface area contributed by atoms with E-state index in [1.807, 2.05) is 65.8 Å². The Labute approximate surface area is 255 Å². The standard InChI is InChI=1S/C33H43N3O6S/c1-9-28(32(38)34-33(4,5)6)35(21-25-12-10-11-24(3)19-25)31(37)22-36(29-20-26(41-7)15-18-30(29)42-8)43(39,40)27-16-13-23(2)14-17-27/h10-20,28H,9,21-22H2,1-8H3,(H,34,38). The molecule has 0 radical (unpaired) electrons. The maximum Gasteiger partial charge on any atom is 0.264 e. The molecular weight excluding hydrogens is 566 g/mol. The van der Waals surface area contributed by atoms with E-state index in [9.17, 15) is 18.0 Å². The number of benzene rings is 3. The number of ether oxygens (including phenoxy) is 2. The summed E-state index contributed by atoms with van der Waals surface area (Å²) in [6.45, 7) is 10.8. The van der Waals surface area contributed by atoms with Crippen molar-refractivity contribution in [3.8, 4) is 11.5 Å². The molecule has 3 aromatic rings. The van der Waals surface area contributed by atoms with Gasteiger partial charge in [0.1, 0.15) is 24.1 Å². The van der Waals surface area contributed by atoms with Gasteiger partial charge in [-0.25, -0.2) is 8.42 Å². The summed E-state index contributed by atoms with van der Waals surface area (Å²) in [6, 6.07) is 18.0. The topological polar surface area (TPSA) is 105 Å². The van der Waals surface area contributed by atoms with Gasteiger partial charge in [-0.05, 0) is 70.9 Å². The van der Waals surface area contributed by atoms with Crippen LogP contribution in [0.4, 0.5) is 5.69 Å². The summed E-state index contributed by atoms with van der Waals surface area (Å²) in [5.74, 6) is -0.229. The van der Waals surface area contributed by atoms with Crippen LogP contribution >= 0.6 is 0 Å². The number of nitrogens with zero attached hydrogens (tertiary/aromatic N) is 2. The predicted octanol–water partition coefficient (Wildman–Crippen LogP) is 5.24. The van der Waals surface area contributed by atoms with Crippen LogP contribution in [0.1, 0.15) is 50.8 Å². The summed E-state index contributed by atoms with van der Waals surface area (Å²) < 4.78 is 40.4. The Balaban J connectivity index is 2.17. The van der Waals surface area contributed by atoms with Gasteiger partial charge in [0, 0.05) is 18.2 Å². The highest BCUT2D eigenvalue weighted by molar-refractivity contribution is 7.92. The van der Waals surface area contributed by atoms with Gasteiger partial charge < -0.3 is 19.7 Å². The molecule has 3 aromatic carbocycles. The fraction of sp³-hybridized carbons (Fsp3) is 0.394. The number of aryl methyl sites for hydroxylation is 2. The Kier molecular flexibility index (Phi) is 10.9. The lowest BCUT2D eigenvalue weighted by atomic mass is 10.0. The molecule has 0 spiro atoms. The summed E-state index contributed by atoms with van der Waals surface area (Å²) >= 11 is 0. The molecule has 1 N–H and O–H groups in total. The van der Waals surface area contributed by atoms with E-state index in [2.05, 4.69) is 5.32 Å². The maximum atomic E-state index is 14.3. The van der Waals surface area contributed by atoms with Gasteiger partial charge in [0.05, 0.1) is 24.8 Å². The zero-order chi connectivity index (χ0) is 31.9. The zero-order valence-electron chi connectivity index (χ0n) is 26.3. The number of amides is 2. The molecule has 9 nitrogen and oxygen atoms in total. The lowest BCUT2D eigenvalue weighted by Gasteiger charge is -2.35. The minimum atomic E-state index is -4.27. The highest BCUT2D eigenvalue weighted by atomic mass is 32.2. The second-order valence-electron chi connectivity index (χ2n) is 11.5. The summed E-state index contributed by atoms with van der Waals surface area (Å²) in [5.41, 5.74) is 2.32. The molecule has 0 aliphatic carbocycles. The van der Waals surface area contributed by atoms with Crippen LogP contribution in [-0.2, 0) is 26.2 Å². The van der Waals surface area contributed by atoms with Gasteiger partial charge in [0.15, 0.2) is 0 Å². The number of hydrogen-bond donors (Lipinski definition) is 1. The quantitative estimate of drug-likeness (QED) is 0.301. The van der Waals surface area contributed by atoms with E-state index in [1.54, 1.807) is 24.3 Å². The molecule has 0 saturated carbocycles. The molecule has 0 fully saturated rings. The summed E-state index contributed by atoms with van der Waals surface area (Å²) in [6.07, 6.45) is 0.326. The van der Waals surface area contributed by atoms with Crippen molar-refractivity contribution in [2.24, 2.45) is 0 Å². The molecule has 10 heteroatoms. The van der Waals surface area contributed by atoms with Crippen molar-refractivity contribution < 1.29 is 27.5 Å². The van der Waals surface area contributed by atoms with E-state index in [-0.39, 0.29) is 28.8 Å². The van der Waals surface area contributed by atoms with Gasteiger partial charge >= 0.3 is 0 Å². The third-order valence-corrected chi connectivity index (χ3v) is 8.64. The molecule has 0 saturated heterocycles. The van der Waals surface area contributed by atoms with E-state index in [1.165, 1.54) is 37.3 Å². The fourth-order valence-corrected chi connectivity index (χ4v) is 6.14. The molecule has 2 amide bonds. The highest BCUT2D eigenvalue weighted by Crippen LogP contribution is 2.36. The number of rotatable bonds is 12. The number of carbonyl (C=O) groups excluding carboxylic acids is 2.